The second-order valence-corrected chi connectivity index (χ2v) is 5.00. The predicted octanol–water partition coefficient (Wildman–Crippen LogP) is 3.53. The first-order valence-electron chi connectivity index (χ1n) is 6.65. The summed E-state index contributed by atoms with van der Waals surface area (Å²) in [6.07, 6.45) is 3.87. The van der Waals surface area contributed by atoms with Crippen LogP contribution in [-0.4, -0.2) is 13.2 Å². The van der Waals surface area contributed by atoms with Gasteiger partial charge in [-0.15, -0.1) is 0 Å². The molecule has 2 unspecified atom stereocenters. The first kappa shape index (κ1) is 12.4. The smallest absolute Gasteiger partial charge is 0.123 e. The topological polar surface area (TPSA) is 21.3 Å². The number of hydrogen-bond donors (Lipinski definition) is 1. The highest BCUT2D eigenvalue weighted by Crippen LogP contribution is 2.35. The average molecular weight is 233 g/mol. The van der Waals surface area contributed by atoms with Crippen molar-refractivity contribution in [2.75, 3.05) is 7.11 Å². The van der Waals surface area contributed by atoms with Crippen LogP contribution >= 0.6 is 0 Å². The Morgan fingerprint density at radius 1 is 1.35 bits per heavy atom. The summed E-state index contributed by atoms with van der Waals surface area (Å²) in [5.41, 5.74) is 1.28. The van der Waals surface area contributed by atoms with Gasteiger partial charge in [0.1, 0.15) is 5.75 Å². The van der Waals surface area contributed by atoms with Crippen LogP contribution in [0.5, 0.6) is 5.75 Å². The molecule has 1 aromatic rings. The van der Waals surface area contributed by atoms with Crippen molar-refractivity contribution in [2.45, 2.75) is 45.2 Å². The molecule has 0 radical (unpaired) electrons. The standard InChI is InChI=1S/C15H23NO/c1-4-14(16-11(2)12-9-10-12)13-7-5-6-8-15(13)17-3/h5-8,11-12,14,16H,4,9-10H2,1-3H3. The lowest BCUT2D eigenvalue weighted by Gasteiger charge is -2.24. The number of benzene rings is 1. The molecule has 2 heteroatoms. The minimum Gasteiger partial charge on any atom is -0.496 e. The maximum absolute atomic E-state index is 5.45. The first-order chi connectivity index (χ1) is 8.26. The van der Waals surface area contributed by atoms with Crippen LogP contribution in [0.25, 0.3) is 0 Å². The molecule has 0 heterocycles. The molecule has 0 aliphatic heterocycles. The summed E-state index contributed by atoms with van der Waals surface area (Å²) >= 11 is 0. The van der Waals surface area contributed by atoms with E-state index in [9.17, 15) is 0 Å². The van der Waals surface area contributed by atoms with Crippen LogP contribution in [0.4, 0.5) is 0 Å². The van der Waals surface area contributed by atoms with Gasteiger partial charge in [-0.25, -0.2) is 0 Å². The number of nitrogens with one attached hydrogen (secondary N) is 1. The van der Waals surface area contributed by atoms with E-state index in [1.165, 1.54) is 18.4 Å². The Morgan fingerprint density at radius 2 is 2.06 bits per heavy atom. The van der Waals surface area contributed by atoms with Gasteiger partial charge in [-0.1, -0.05) is 25.1 Å². The van der Waals surface area contributed by atoms with Crippen molar-refractivity contribution in [3.63, 3.8) is 0 Å². The summed E-state index contributed by atoms with van der Waals surface area (Å²) in [4.78, 5) is 0. The molecule has 0 aromatic heterocycles. The molecular weight excluding hydrogens is 210 g/mol. The normalized spacial score (nSPS) is 18.8. The van der Waals surface area contributed by atoms with Gasteiger partial charge in [0, 0.05) is 17.6 Å². The van der Waals surface area contributed by atoms with Crippen LogP contribution in [0.2, 0.25) is 0 Å². The van der Waals surface area contributed by atoms with Gasteiger partial charge in [-0.05, 0) is 38.2 Å². The SMILES string of the molecule is CCC(NC(C)C1CC1)c1ccccc1OC. The monoisotopic (exact) mass is 233 g/mol. The quantitative estimate of drug-likeness (QED) is 0.811. The van der Waals surface area contributed by atoms with Gasteiger partial charge in [-0.3, -0.25) is 0 Å². The van der Waals surface area contributed by atoms with E-state index >= 15 is 0 Å². The molecule has 1 aliphatic carbocycles. The Balaban J connectivity index is 2.10. The van der Waals surface area contributed by atoms with Gasteiger partial charge in [-0.2, -0.15) is 0 Å². The fourth-order valence-corrected chi connectivity index (χ4v) is 2.43. The summed E-state index contributed by atoms with van der Waals surface area (Å²) in [5.74, 6) is 1.88. The Labute approximate surface area is 104 Å². The Bertz CT molecular complexity index is 360. The molecule has 94 valence electrons. The molecule has 1 aromatic carbocycles. The highest BCUT2D eigenvalue weighted by molar-refractivity contribution is 5.35. The largest absolute Gasteiger partial charge is 0.496 e. The molecular formula is C15H23NO. The van der Waals surface area contributed by atoms with E-state index < -0.39 is 0 Å². The van der Waals surface area contributed by atoms with Gasteiger partial charge in [0.25, 0.3) is 0 Å². The molecule has 17 heavy (non-hydrogen) atoms. The number of hydrogen-bond acceptors (Lipinski definition) is 2. The van der Waals surface area contributed by atoms with Crippen molar-refractivity contribution in [1.29, 1.82) is 0 Å². The van der Waals surface area contributed by atoms with Gasteiger partial charge in [0.05, 0.1) is 7.11 Å². The van der Waals surface area contributed by atoms with Gasteiger partial charge < -0.3 is 10.1 Å². The molecule has 1 fully saturated rings. The predicted molar refractivity (Wildman–Crippen MR) is 71.3 cm³/mol. The summed E-state index contributed by atoms with van der Waals surface area (Å²) < 4.78 is 5.45. The van der Waals surface area contributed by atoms with E-state index in [1.54, 1.807) is 7.11 Å². The zero-order valence-electron chi connectivity index (χ0n) is 11.1. The van der Waals surface area contributed by atoms with Gasteiger partial charge >= 0.3 is 0 Å². The minimum atomic E-state index is 0.404. The fraction of sp³-hybridized carbons (Fsp3) is 0.600. The molecule has 0 bridgehead atoms. The maximum Gasteiger partial charge on any atom is 0.123 e. The van der Waals surface area contributed by atoms with Crippen LogP contribution in [-0.2, 0) is 0 Å². The van der Waals surface area contributed by atoms with E-state index in [2.05, 4.69) is 31.3 Å². The van der Waals surface area contributed by atoms with Crippen molar-refractivity contribution in [2.24, 2.45) is 5.92 Å². The third-order valence-electron chi connectivity index (χ3n) is 3.72. The second kappa shape index (κ2) is 5.54. The summed E-state index contributed by atoms with van der Waals surface area (Å²) in [6.45, 7) is 4.53. The number of para-hydroxylation sites is 1. The number of ether oxygens (including phenoxy) is 1. The summed E-state index contributed by atoms with van der Waals surface area (Å²) in [6, 6.07) is 9.34. The lowest BCUT2D eigenvalue weighted by Crippen LogP contribution is -2.32. The van der Waals surface area contributed by atoms with Crippen molar-refractivity contribution < 1.29 is 4.74 Å². The fourth-order valence-electron chi connectivity index (χ4n) is 2.43. The van der Waals surface area contributed by atoms with Crippen LogP contribution in [0.15, 0.2) is 24.3 Å². The molecule has 1 saturated carbocycles. The lowest BCUT2D eigenvalue weighted by molar-refractivity contribution is 0.377. The molecule has 1 aliphatic rings. The maximum atomic E-state index is 5.45. The Kier molecular flexibility index (Phi) is 4.06. The van der Waals surface area contributed by atoms with E-state index in [4.69, 9.17) is 4.74 Å². The number of methoxy groups -OCH3 is 1. The molecule has 0 amide bonds. The van der Waals surface area contributed by atoms with Crippen molar-refractivity contribution in [1.82, 2.24) is 5.32 Å². The summed E-state index contributed by atoms with van der Waals surface area (Å²) in [5, 5.41) is 3.74. The Hall–Kier alpha value is -1.02. The zero-order chi connectivity index (χ0) is 12.3. The third-order valence-corrected chi connectivity index (χ3v) is 3.72. The molecule has 0 saturated heterocycles. The van der Waals surface area contributed by atoms with Crippen molar-refractivity contribution >= 4 is 0 Å². The summed E-state index contributed by atoms with van der Waals surface area (Å²) in [7, 11) is 1.75. The van der Waals surface area contributed by atoms with E-state index in [-0.39, 0.29) is 0 Å². The van der Waals surface area contributed by atoms with Crippen LogP contribution in [0, 0.1) is 5.92 Å². The van der Waals surface area contributed by atoms with Crippen LogP contribution < -0.4 is 10.1 Å². The lowest BCUT2D eigenvalue weighted by atomic mass is 10.0. The highest BCUT2D eigenvalue weighted by Gasteiger charge is 2.29. The van der Waals surface area contributed by atoms with E-state index in [0.29, 0.717) is 12.1 Å². The first-order valence-corrected chi connectivity index (χ1v) is 6.65. The van der Waals surface area contributed by atoms with Crippen LogP contribution in [0.1, 0.15) is 44.7 Å². The highest BCUT2D eigenvalue weighted by atomic mass is 16.5. The molecule has 1 N–H and O–H groups in total. The number of rotatable bonds is 6. The molecule has 2 atom stereocenters. The minimum absolute atomic E-state index is 0.404. The zero-order valence-corrected chi connectivity index (χ0v) is 11.1. The molecule has 2 rings (SSSR count). The second-order valence-electron chi connectivity index (χ2n) is 5.00. The van der Waals surface area contributed by atoms with E-state index in [0.717, 1.165) is 18.1 Å². The average Bonchev–Trinajstić information content (AvgIpc) is 3.20. The van der Waals surface area contributed by atoms with Gasteiger partial charge in [0.15, 0.2) is 0 Å². The van der Waals surface area contributed by atoms with Crippen molar-refractivity contribution in [3.05, 3.63) is 29.8 Å². The van der Waals surface area contributed by atoms with Crippen LogP contribution in [0.3, 0.4) is 0 Å². The Morgan fingerprint density at radius 3 is 2.65 bits per heavy atom. The molecule has 0 spiro atoms. The third kappa shape index (κ3) is 3.01. The van der Waals surface area contributed by atoms with Crippen molar-refractivity contribution in [3.8, 4) is 5.75 Å². The van der Waals surface area contributed by atoms with E-state index in [1.807, 2.05) is 12.1 Å². The molecule has 2 nitrogen and oxygen atoms in total. The van der Waals surface area contributed by atoms with Gasteiger partial charge in [0.2, 0.25) is 0 Å².